The minimum absolute atomic E-state index is 0.0930. The molecule has 0 aliphatic carbocycles. The molecule has 0 atom stereocenters. The number of rotatable bonds is 3. The van der Waals surface area contributed by atoms with E-state index in [1.807, 2.05) is 51.1 Å². The predicted octanol–water partition coefficient (Wildman–Crippen LogP) is 3.71. The Labute approximate surface area is 132 Å². The normalized spacial score (nSPS) is 10.7. The molecule has 2 heterocycles. The van der Waals surface area contributed by atoms with Gasteiger partial charge in [0.15, 0.2) is 5.82 Å². The van der Waals surface area contributed by atoms with Crippen LogP contribution < -0.4 is 5.32 Å². The van der Waals surface area contributed by atoms with Crippen molar-refractivity contribution >= 4 is 22.9 Å². The van der Waals surface area contributed by atoms with Gasteiger partial charge in [0.1, 0.15) is 5.82 Å². The lowest BCUT2D eigenvalue weighted by atomic mass is 10.2. The molecule has 0 radical (unpaired) electrons. The number of H-pyrrole nitrogens is 1. The number of anilines is 1. The van der Waals surface area contributed by atoms with Crippen molar-refractivity contribution in [1.29, 1.82) is 0 Å². The first-order valence-electron chi connectivity index (χ1n) is 6.91. The number of thiophene rings is 1. The minimum Gasteiger partial charge on any atom is -0.321 e. The smallest absolute Gasteiger partial charge is 0.265 e. The summed E-state index contributed by atoms with van der Waals surface area (Å²) in [6, 6.07) is 9.43. The molecule has 1 amide bonds. The lowest BCUT2D eigenvalue weighted by molar-refractivity contribution is 0.103. The fourth-order valence-corrected chi connectivity index (χ4v) is 3.01. The van der Waals surface area contributed by atoms with E-state index in [1.165, 1.54) is 11.3 Å². The molecular formula is C16H16N4OS. The van der Waals surface area contributed by atoms with Crippen LogP contribution in [0.4, 0.5) is 5.69 Å². The van der Waals surface area contributed by atoms with Crippen LogP contribution in [0, 0.1) is 20.8 Å². The van der Waals surface area contributed by atoms with E-state index in [4.69, 9.17) is 0 Å². The third-order valence-corrected chi connectivity index (χ3v) is 4.52. The number of nitrogens with zero attached hydrogens (tertiary/aromatic N) is 2. The molecule has 0 saturated carbocycles. The maximum Gasteiger partial charge on any atom is 0.265 e. The number of aromatic nitrogens is 3. The maximum atomic E-state index is 12.3. The van der Waals surface area contributed by atoms with Crippen LogP contribution in [0.2, 0.25) is 0 Å². The van der Waals surface area contributed by atoms with Crippen LogP contribution in [0.3, 0.4) is 0 Å². The molecular weight excluding hydrogens is 296 g/mol. The number of carbonyl (C=O) groups is 1. The zero-order valence-corrected chi connectivity index (χ0v) is 13.4. The van der Waals surface area contributed by atoms with Crippen molar-refractivity contribution in [3.63, 3.8) is 0 Å². The Bertz CT molecular complexity index is 815. The van der Waals surface area contributed by atoms with E-state index >= 15 is 0 Å². The number of aryl methyl sites for hydroxylation is 3. The van der Waals surface area contributed by atoms with Gasteiger partial charge >= 0.3 is 0 Å². The Kier molecular flexibility index (Phi) is 3.77. The van der Waals surface area contributed by atoms with Crippen LogP contribution in [0.1, 0.15) is 25.9 Å². The monoisotopic (exact) mass is 312 g/mol. The highest BCUT2D eigenvalue weighted by Gasteiger charge is 2.11. The number of benzene rings is 1. The molecule has 0 unspecified atom stereocenters. The van der Waals surface area contributed by atoms with Crippen LogP contribution in [0.25, 0.3) is 11.4 Å². The van der Waals surface area contributed by atoms with Crippen molar-refractivity contribution in [3.05, 3.63) is 51.5 Å². The highest BCUT2D eigenvalue weighted by molar-refractivity contribution is 7.14. The summed E-state index contributed by atoms with van der Waals surface area (Å²) >= 11 is 1.50. The topological polar surface area (TPSA) is 70.7 Å². The number of hydrogen-bond donors (Lipinski definition) is 2. The third kappa shape index (κ3) is 2.92. The van der Waals surface area contributed by atoms with Crippen molar-refractivity contribution in [1.82, 2.24) is 15.2 Å². The van der Waals surface area contributed by atoms with E-state index in [9.17, 15) is 4.79 Å². The maximum absolute atomic E-state index is 12.3. The van der Waals surface area contributed by atoms with Gasteiger partial charge in [0.05, 0.1) is 4.88 Å². The summed E-state index contributed by atoms with van der Waals surface area (Å²) in [5.74, 6) is 1.29. The van der Waals surface area contributed by atoms with Crippen molar-refractivity contribution in [2.24, 2.45) is 0 Å². The number of carbonyl (C=O) groups excluding carboxylic acids is 1. The van der Waals surface area contributed by atoms with Gasteiger partial charge in [-0.15, -0.1) is 11.3 Å². The van der Waals surface area contributed by atoms with Gasteiger partial charge in [-0.1, -0.05) is 12.1 Å². The molecule has 2 aromatic heterocycles. The van der Waals surface area contributed by atoms with Gasteiger partial charge in [-0.05, 0) is 44.5 Å². The second-order valence-electron chi connectivity index (χ2n) is 5.13. The lowest BCUT2D eigenvalue weighted by Gasteiger charge is -2.04. The van der Waals surface area contributed by atoms with Crippen molar-refractivity contribution in [3.8, 4) is 11.4 Å². The number of nitrogens with one attached hydrogen (secondary N) is 2. The summed E-state index contributed by atoms with van der Waals surface area (Å²) in [5, 5.41) is 9.87. The molecule has 6 heteroatoms. The minimum atomic E-state index is -0.0930. The molecule has 0 aliphatic rings. The third-order valence-electron chi connectivity index (χ3n) is 3.37. The first-order chi connectivity index (χ1) is 10.5. The molecule has 0 spiro atoms. The summed E-state index contributed by atoms with van der Waals surface area (Å²) in [5.41, 5.74) is 2.73. The SMILES string of the molecule is Cc1nc(-c2cccc(NC(=O)c3cc(C)c(C)s3)c2)n[nH]1. The van der Waals surface area contributed by atoms with E-state index in [2.05, 4.69) is 20.5 Å². The summed E-state index contributed by atoms with van der Waals surface area (Å²) in [4.78, 5) is 18.5. The standard InChI is InChI=1S/C16H16N4OS/c1-9-7-14(22-10(9)2)16(21)18-13-6-4-5-12(8-13)15-17-11(3)19-20-15/h4-8H,1-3H3,(H,18,21)(H,17,19,20). The van der Waals surface area contributed by atoms with Gasteiger partial charge < -0.3 is 5.32 Å². The largest absolute Gasteiger partial charge is 0.321 e. The van der Waals surface area contributed by atoms with Crippen LogP contribution in [0.5, 0.6) is 0 Å². The Morgan fingerprint density at radius 3 is 2.68 bits per heavy atom. The van der Waals surface area contributed by atoms with Gasteiger partial charge in [-0.25, -0.2) is 4.98 Å². The second-order valence-corrected chi connectivity index (χ2v) is 6.39. The Morgan fingerprint density at radius 1 is 1.23 bits per heavy atom. The van der Waals surface area contributed by atoms with Crippen LogP contribution in [-0.4, -0.2) is 21.1 Å². The number of aromatic amines is 1. The summed E-state index contributed by atoms with van der Waals surface area (Å²) in [6.45, 7) is 5.88. The zero-order valence-electron chi connectivity index (χ0n) is 12.6. The predicted molar refractivity (Wildman–Crippen MR) is 88.3 cm³/mol. The highest BCUT2D eigenvalue weighted by Crippen LogP contribution is 2.23. The average molecular weight is 312 g/mol. The second kappa shape index (κ2) is 5.73. The van der Waals surface area contributed by atoms with E-state index in [1.54, 1.807) is 0 Å². The highest BCUT2D eigenvalue weighted by atomic mass is 32.1. The van der Waals surface area contributed by atoms with E-state index in [0.29, 0.717) is 10.7 Å². The molecule has 112 valence electrons. The Balaban J connectivity index is 1.82. The van der Waals surface area contributed by atoms with E-state index < -0.39 is 0 Å². The lowest BCUT2D eigenvalue weighted by Crippen LogP contribution is -2.10. The average Bonchev–Trinajstić information content (AvgIpc) is 3.06. The molecule has 3 aromatic rings. The summed E-state index contributed by atoms with van der Waals surface area (Å²) in [6.07, 6.45) is 0. The van der Waals surface area contributed by atoms with Crippen molar-refractivity contribution in [2.75, 3.05) is 5.32 Å². The van der Waals surface area contributed by atoms with Gasteiger partial charge in [0, 0.05) is 16.1 Å². The zero-order chi connectivity index (χ0) is 15.7. The molecule has 5 nitrogen and oxygen atoms in total. The molecule has 22 heavy (non-hydrogen) atoms. The molecule has 0 saturated heterocycles. The molecule has 0 aliphatic heterocycles. The summed E-state index contributed by atoms with van der Waals surface area (Å²) < 4.78 is 0. The molecule has 0 fully saturated rings. The van der Waals surface area contributed by atoms with Gasteiger partial charge in [0.25, 0.3) is 5.91 Å². The van der Waals surface area contributed by atoms with Gasteiger partial charge in [-0.2, -0.15) is 5.10 Å². The first kappa shape index (κ1) is 14.5. The molecule has 1 aromatic carbocycles. The van der Waals surface area contributed by atoms with Crippen LogP contribution in [0.15, 0.2) is 30.3 Å². The molecule has 2 N–H and O–H groups in total. The Hall–Kier alpha value is -2.47. The van der Waals surface area contributed by atoms with Gasteiger partial charge in [0.2, 0.25) is 0 Å². The van der Waals surface area contributed by atoms with Crippen molar-refractivity contribution in [2.45, 2.75) is 20.8 Å². The van der Waals surface area contributed by atoms with E-state index in [0.717, 1.165) is 27.5 Å². The van der Waals surface area contributed by atoms with Crippen molar-refractivity contribution < 1.29 is 4.79 Å². The summed E-state index contributed by atoms with van der Waals surface area (Å²) in [7, 11) is 0. The number of hydrogen-bond acceptors (Lipinski definition) is 4. The van der Waals surface area contributed by atoms with Crippen LogP contribution >= 0.6 is 11.3 Å². The van der Waals surface area contributed by atoms with Gasteiger partial charge in [-0.3, -0.25) is 9.89 Å². The van der Waals surface area contributed by atoms with E-state index in [-0.39, 0.29) is 5.91 Å². The Morgan fingerprint density at radius 2 is 2.05 bits per heavy atom. The first-order valence-corrected chi connectivity index (χ1v) is 7.72. The number of amides is 1. The van der Waals surface area contributed by atoms with Crippen LogP contribution in [-0.2, 0) is 0 Å². The molecule has 3 rings (SSSR count). The quantitative estimate of drug-likeness (QED) is 0.774. The fraction of sp³-hybridized carbons (Fsp3) is 0.188. The fourth-order valence-electron chi connectivity index (χ4n) is 2.09. The molecule has 0 bridgehead atoms.